The van der Waals surface area contributed by atoms with Gasteiger partial charge >= 0.3 is 0 Å². The number of hydrogen-bond acceptors (Lipinski definition) is 3. The van der Waals surface area contributed by atoms with Gasteiger partial charge in [0.25, 0.3) is 0 Å². The molecule has 138 valence electrons. The number of ether oxygens (including phenoxy) is 2. The van der Waals surface area contributed by atoms with Crippen LogP contribution < -0.4 is 4.74 Å². The summed E-state index contributed by atoms with van der Waals surface area (Å²) in [7, 11) is 1.67. The van der Waals surface area contributed by atoms with Gasteiger partial charge in [0.05, 0.1) is 19.8 Å². The summed E-state index contributed by atoms with van der Waals surface area (Å²) in [6.45, 7) is 7.39. The SMILES string of the molecule is COc1ccc(CO[C@H](CCC=O)[C@@]2(C)C=C[C@@H](C(C)C)CC2)cc1. The Morgan fingerprint density at radius 3 is 2.52 bits per heavy atom. The van der Waals surface area contributed by atoms with Crippen LogP contribution in [0.2, 0.25) is 0 Å². The summed E-state index contributed by atoms with van der Waals surface area (Å²) in [6, 6.07) is 7.97. The molecule has 0 radical (unpaired) electrons. The minimum atomic E-state index is 0.000863. The van der Waals surface area contributed by atoms with Crippen LogP contribution in [-0.4, -0.2) is 19.5 Å². The number of allylic oxidation sites excluding steroid dienone is 1. The van der Waals surface area contributed by atoms with E-state index in [0.717, 1.165) is 30.4 Å². The molecule has 2 rings (SSSR count). The fourth-order valence-electron chi connectivity index (χ4n) is 3.57. The molecule has 0 N–H and O–H groups in total. The third-order valence-corrected chi connectivity index (χ3v) is 5.49. The van der Waals surface area contributed by atoms with Gasteiger partial charge in [0.2, 0.25) is 0 Å². The maximum atomic E-state index is 10.9. The largest absolute Gasteiger partial charge is 0.497 e. The molecule has 0 saturated carbocycles. The summed E-state index contributed by atoms with van der Waals surface area (Å²) >= 11 is 0. The molecule has 0 bridgehead atoms. The second-order valence-electron chi connectivity index (χ2n) is 7.70. The van der Waals surface area contributed by atoms with Crippen LogP contribution in [0, 0.1) is 17.3 Å². The van der Waals surface area contributed by atoms with Crippen LogP contribution in [0.4, 0.5) is 0 Å². The summed E-state index contributed by atoms with van der Waals surface area (Å²) in [4.78, 5) is 10.9. The third-order valence-electron chi connectivity index (χ3n) is 5.49. The van der Waals surface area contributed by atoms with Crippen LogP contribution in [0.25, 0.3) is 0 Å². The van der Waals surface area contributed by atoms with Crippen molar-refractivity contribution < 1.29 is 14.3 Å². The Bertz CT molecular complexity index is 561. The van der Waals surface area contributed by atoms with Crippen molar-refractivity contribution in [3.63, 3.8) is 0 Å². The molecule has 1 aliphatic rings. The van der Waals surface area contributed by atoms with Crippen molar-refractivity contribution >= 4 is 6.29 Å². The van der Waals surface area contributed by atoms with Crippen molar-refractivity contribution in [2.75, 3.05) is 7.11 Å². The average molecular weight is 344 g/mol. The molecule has 0 amide bonds. The first kappa shape index (κ1) is 19.7. The lowest BCUT2D eigenvalue weighted by molar-refractivity contribution is -0.109. The van der Waals surface area contributed by atoms with E-state index in [4.69, 9.17) is 9.47 Å². The van der Waals surface area contributed by atoms with Gasteiger partial charge in [-0.1, -0.05) is 45.1 Å². The van der Waals surface area contributed by atoms with Crippen LogP contribution in [-0.2, 0) is 16.1 Å². The quantitative estimate of drug-likeness (QED) is 0.457. The van der Waals surface area contributed by atoms with Crippen LogP contribution in [0.3, 0.4) is 0 Å². The Hall–Kier alpha value is -1.61. The highest BCUT2D eigenvalue weighted by Crippen LogP contribution is 2.41. The maximum Gasteiger partial charge on any atom is 0.120 e. The first-order chi connectivity index (χ1) is 12.0. The number of benzene rings is 1. The maximum absolute atomic E-state index is 10.9. The predicted octanol–water partition coefficient (Wildman–Crippen LogP) is 5.19. The lowest BCUT2D eigenvalue weighted by Crippen LogP contribution is -2.36. The zero-order valence-corrected chi connectivity index (χ0v) is 16.0. The molecule has 0 heterocycles. The number of methoxy groups -OCH3 is 1. The van der Waals surface area contributed by atoms with Gasteiger partial charge in [0.1, 0.15) is 12.0 Å². The van der Waals surface area contributed by atoms with Gasteiger partial charge in [-0.05, 0) is 48.8 Å². The summed E-state index contributed by atoms with van der Waals surface area (Å²) in [5, 5.41) is 0. The number of aldehydes is 1. The topological polar surface area (TPSA) is 35.5 Å². The number of carbonyl (C=O) groups excluding carboxylic acids is 1. The van der Waals surface area contributed by atoms with Gasteiger partial charge < -0.3 is 14.3 Å². The molecular formula is C22H32O3. The molecule has 1 aromatic carbocycles. The van der Waals surface area contributed by atoms with Crippen molar-refractivity contribution in [2.45, 2.75) is 59.2 Å². The molecule has 0 aliphatic heterocycles. The second kappa shape index (κ2) is 9.19. The molecule has 1 aromatic rings. The van der Waals surface area contributed by atoms with E-state index >= 15 is 0 Å². The molecule has 3 atom stereocenters. The first-order valence-electron chi connectivity index (χ1n) is 9.36. The van der Waals surface area contributed by atoms with Gasteiger partial charge in [-0.2, -0.15) is 0 Å². The summed E-state index contributed by atoms with van der Waals surface area (Å²) < 4.78 is 11.5. The zero-order chi connectivity index (χ0) is 18.3. The van der Waals surface area contributed by atoms with Gasteiger partial charge in [-0.3, -0.25) is 0 Å². The molecule has 1 aliphatic carbocycles. The van der Waals surface area contributed by atoms with Crippen molar-refractivity contribution in [1.82, 2.24) is 0 Å². The molecule has 25 heavy (non-hydrogen) atoms. The van der Waals surface area contributed by atoms with Crippen LogP contribution in [0.1, 0.15) is 52.0 Å². The molecule has 0 spiro atoms. The fraction of sp³-hybridized carbons (Fsp3) is 0.591. The predicted molar refractivity (Wildman–Crippen MR) is 102 cm³/mol. The Morgan fingerprint density at radius 2 is 2.00 bits per heavy atom. The Kier molecular flexibility index (Phi) is 7.24. The van der Waals surface area contributed by atoms with E-state index in [1.807, 2.05) is 24.3 Å². The average Bonchev–Trinajstić information content (AvgIpc) is 2.62. The second-order valence-corrected chi connectivity index (χ2v) is 7.70. The zero-order valence-electron chi connectivity index (χ0n) is 16.0. The molecular weight excluding hydrogens is 312 g/mol. The smallest absolute Gasteiger partial charge is 0.120 e. The van der Waals surface area contributed by atoms with Gasteiger partial charge in [0, 0.05) is 11.8 Å². The van der Waals surface area contributed by atoms with Crippen molar-refractivity contribution in [3.05, 3.63) is 42.0 Å². The summed E-state index contributed by atoms with van der Waals surface area (Å²) in [6.07, 6.45) is 9.37. The Morgan fingerprint density at radius 1 is 1.28 bits per heavy atom. The molecule has 0 fully saturated rings. The van der Waals surface area contributed by atoms with E-state index in [2.05, 4.69) is 32.9 Å². The lowest BCUT2D eigenvalue weighted by Gasteiger charge is -2.39. The Balaban J connectivity index is 2.04. The highest BCUT2D eigenvalue weighted by molar-refractivity contribution is 5.49. The molecule has 0 unspecified atom stereocenters. The highest BCUT2D eigenvalue weighted by atomic mass is 16.5. The Labute approximate surface area is 152 Å². The van der Waals surface area contributed by atoms with Gasteiger partial charge in [-0.25, -0.2) is 0 Å². The minimum absolute atomic E-state index is 0.000863. The summed E-state index contributed by atoms with van der Waals surface area (Å²) in [5.74, 6) is 2.18. The van der Waals surface area contributed by atoms with E-state index in [0.29, 0.717) is 24.9 Å². The normalized spacial score (nSPS) is 24.3. The monoisotopic (exact) mass is 344 g/mol. The van der Waals surface area contributed by atoms with E-state index in [-0.39, 0.29) is 11.5 Å². The third kappa shape index (κ3) is 5.43. The molecule has 3 nitrogen and oxygen atoms in total. The van der Waals surface area contributed by atoms with E-state index in [1.165, 1.54) is 6.42 Å². The number of hydrogen-bond donors (Lipinski definition) is 0. The van der Waals surface area contributed by atoms with Crippen LogP contribution >= 0.6 is 0 Å². The minimum Gasteiger partial charge on any atom is -0.497 e. The fourth-order valence-corrected chi connectivity index (χ4v) is 3.57. The van der Waals surface area contributed by atoms with Crippen LogP contribution in [0.5, 0.6) is 5.75 Å². The number of rotatable bonds is 9. The highest BCUT2D eigenvalue weighted by Gasteiger charge is 2.35. The van der Waals surface area contributed by atoms with Crippen molar-refractivity contribution in [2.24, 2.45) is 17.3 Å². The molecule has 0 saturated heterocycles. The molecule has 3 heteroatoms. The molecule has 0 aromatic heterocycles. The lowest BCUT2D eigenvalue weighted by atomic mass is 9.70. The first-order valence-corrected chi connectivity index (χ1v) is 9.36. The van der Waals surface area contributed by atoms with E-state index < -0.39 is 0 Å². The number of carbonyl (C=O) groups is 1. The summed E-state index contributed by atoms with van der Waals surface area (Å²) in [5.41, 5.74) is 1.13. The van der Waals surface area contributed by atoms with Crippen molar-refractivity contribution in [1.29, 1.82) is 0 Å². The van der Waals surface area contributed by atoms with Gasteiger partial charge in [0.15, 0.2) is 0 Å². The van der Waals surface area contributed by atoms with E-state index in [1.54, 1.807) is 7.11 Å². The van der Waals surface area contributed by atoms with E-state index in [9.17, 15) is 4.79 Å². The van der Waals surface area contributed by atoms with Crippen LogP contribution in [0.15, 0.2) is 36.4 Å². The van der Waals surface area contributed by atoms with Crippen molar-refractivity contribution in [3.8, 4) is 5.75 Å². The van der Waals surface area contributed by atoms with Gasteiger partial charge in [-0.15, -0.1) is 0 Å². The standard InChI is InChI=1S/C22H32O3/c1-17(2)19-11-13-22(3,14-12-19)21(6-5-15-23)25-16-18-7-9-20(24-4)10-8-18/h7-11,13,15,17,19,21H,5-6,12,14,16H2,1-4H3/t19-,21-,22+/m1/s1.